The van der Waals surface area contributed by atoms with E-state index in [1.165, 1.54) is 4.88 Å². The number of thiophene rings is 1. The van der Waals surface area contributed by atoms with Crippen molar-refractivity contribution in [1.29, 1.82) is 0 Å². The molecule has 0 aliphatic rings. The topological polar surface area (TPSA) is 38.0 Å². The number of benzene rings is 1. The van der Waals surface area contributed by atoms with Gasteiger partial charge in [-0.1, -0.05) is 0 Å². The van der Waals surface area contributed by atoms with E-state index in [2.05, 4.69) is 54.7 Å². The first kappa shape index (κ1) is 12.9. The Morgan fingerprint density at radius 1 is 1.29 bits per heavy atom. The molecule has 3 N–H and O–H groups in total. The first-order valence-electron chi connectivity index (χ1n) is 5.09. The van der Waals surface area contributed by atoms with Crippen LogP contribution in [0, 0.1) is 6.92 Å². The molecule has 0 saturated carbocycles. The van der Waals surface area contributed by atoms with Gasteiger partial charge in [-0.2, -0.15) is 0 Å². The van der Waals surface area contributed by atoms with Gasteiger partial charge in [-0.15, -0.1) is 11.3 Å². The first-order chi connectivity index (χ1) is 8.08. The molecule has 90 valence electrons. The van der Waals surface area contributed by atoms with Crippen molar-refractivity contribution in [2.45, 2.75) is 13.5 Å². The molecule has 0 radical (unpaired) electrons. The van der Waals surface area contributed by atoms with E-state index in [0.717, 1.165) is 32.4 Å². The van der Waals surface area contributed by atoms with E-state index in [-0.39, 0.29) is 0 Å². The van der Waals surface area contributed by atoms with Crippen LogP contribution in [0.1, 0.15) is 10.4 Å². The van der Waals surface area contributed by atoms with Gasteiger partial charge in [0.1, 0.15) is 0 Å². The second-order valence-corrected chi connectivity index (χ2v) is 6.44. The number of hydrogen-bond donors (Lipinski definition) is 2. The Kier molecular flexibility index (Phi) is 4.12. The van der Waals surface area contributed by atoms with Crippen LogP contribution in [0.3, 0.4) is 0 Å². The summed E-state index contributed by atoms with van der Waals surface area (Å²) in [7, 11) is 0. The molecule has 0 aliphatic heterocycles. The summed E-state index contributed by atoms with van der Waals surface area (Å²) in [5, 5.41) is 5.48. The van der Waals surface area contributed by atoms with Crippen LogP contribution in [0.2, 0.25) is 0 Å². The maximum atomic E-state index is 5.84. The molecule has 0 saturated heterocycles. The van der Waals surface area contributed by atoms with Crippen molar-refractivity contribution in [3.8, 4) is 0 Å². The Hall–Kier alpha value is -0.520. The minimum atomic E-state index is 0.805. The van der Waals surface area contributed by atoms with Gasteiger partial charge in [-0.25, -0.2) is 0 Å². The Balaban J connectivity index is 2.14. The highest BCUT2D eigenvalue weighted by atomic mass is 79.9. The molecular formula is C12H12Br2N2S. The van der Waals surface area contributed by atoms with Crippen molar-refractivity contribution < 1.29 is 0 Å². The van der Waals surface area contributed by atoms with Crippen molar-refractivity contribution >= 4 is 54.6 Å². The van der Waals surface area contributed by atoms with Crippen molar-refractivity contribution in [3.05, 3.63) is 43.0 Å². The molecule has 17 heavy (non-hydrogen) atoms. The third-order valence-electron chi connectivity index (χ3n) is 2.49. The van der Waals surface area contributed by atoms with E-state index in [0.29, 0.717) is 0 Å². The lowest BCUT2D eigenvalue weighted by Crippen LogP contribution is -2.00. The zero-order chi connectivity index (χ0) is 12.4. The van der Waals surface area contributed by atoms with E-state index in [4.69, 9.17) is 5.73 Å². The zero-order valence-corrected chi connectivity index (χ0v) is 13.2. The number of hydrogen-bond acceptors (Lipinski definition) is 3. The normalized spacial score (nSPS) is 10.5. The van der Waals surface area contributed by atoms with Crippen LogP contribution in [0.5, 0.6) is 0 Å². The average Bonchev–Trinajstić information content (AvgIpc) is 2.68. The molecule has 1 heterocycles. The zero-order valence-electron chi connectivity index (χ0n) is 9.26. The molecule has 1 aromatic carbocycles. The van der Waals surface area contributed by atoms with Crippen molar-refractivity contribution in [2.75, 3.05) is 11.1 Å². The molecule has 0 atom stereocenters. The molecule has 0 bridgehead atoms. The summed E-state index contributed by atoms with van der Waals surface area (Å²) in [6.45, 7) is 2.81. The molecule has 5 heteroatoms. The summed E-state index contributed by atoms with van der Waals surface area (Å²) < 4.78 is 2.14. The first-order valence-corrected chi connectivity index (χ1v) is 7.56. The summed E-state index contributed by atoms with van der Waals surface area (Å²) >= 11 is 8.77. The van der Waals surface area contributed by atoms with Crippen molar-refractivity contribution in [2.24, 2.45) is 0 Å². The summed E-state index contributed by atoms with van der Waals surface area (Å²) in [6.07, 6.45) is 0. The molecule has 0 unspecified atom stereocenters. The molecule has 0 spiro atoms. The number of nitrogens with two attached hydrogens (primary N) is 1. The highest BCUT2D eigenvalue weighted by Crippen LogP contribution is 2.29. The molecule has 1 aromatic heterocycles. The molecule has 2 nitrogen and oxygen atoms in total. The lowest BCUT2D eigenvalue weighted by atomic mass is 10.2. The van der Waals surface area contributed by atoms with Crippen molar-refractivity contribution in [3.63, 3.8) is 0 Å². The fraction of sp³-hybridized carbons (Fsp3) is 0.167. The summed E-state index contributed by atoms with van der Waals surface area (Å²) in [5.41, 5.74) is 8.80. The van der Waals surface area contributed by atoms with E-state index in [1.807, 2.05) is 13.0 Å². The van der Waals surface area contributed by atoms with Crippen LogP contribution in [0.25, 0.3) is 0 Å². The van der Waals surface area contributed by atoms with E-state index >= 15 is 0 Å². The lowest BCUT2D eigenvalue weighted by molar-refractivity contribution is 1.17. The third-order valence-corrected chi connectivity index (χ3v) is 5.07. The molecule has 0 amide bonds. The van der Waals surface area contributed by atoms with Crippen LogP contribution >= 0.6 is 43.2 Å². The Morgan fingerprint density at radius 3 is 2.71 bits per heavy atom. The summed E-state index contributed by atoms with van der Waals surface area (Å²) in [5.74, 6) is 0. The second-order valence-electron chi connectivity index (χ2n) is 3.73. The monoisotopic (exact) mass is 374 g/mol. The largest absolute Gasteiger partial charge is 0.398 e. The maximum absolute atomic E-state index is 5.84. The molecular weight excluding hydrogens is 364 g/mol. The SMILES string of the molecule is Cc1cc(NCc2sccc2Br)c(Br)cc1N. The van der Waals surface area contributed by atoms with Gasteiger partial charge in [0.2, 0.25) is 0 Å². The number of aryl methyl sites for hydroxylation is 1. The predicted molar refractivity (Wildman–Crippen MR) is 82.6 cm³/mol. The fourth-order valence-electron chi connectivity index (χ4n) is 1.46. The molecule has 2 rings (SSSR count). The van der Waals surface area contributed by atoms with E-state index in [9.17, 15) is 0 Å². The van der Waals surface area contributed by atoms with Gasteiger partial charge < -0.3 is 11.1 Å². The Bertz CT molecular complexity index is 537. The number of nitrogens with one attached hydrogen (secondary N) is 1. The minimum Gasteiger partial charge on any atom is -0.398 e. The van der Waals surface area contributed by atoms with Crippen LogP contribution in [0.15, 0.2) is 32.5 Å². The molecule has 0 aliphatic carbocycles. The van der Waals surface area contributed by atoms with Gasteiger partial charge in [-0.05, 0) is 67.9 Å². The summed E-state index contributed by atoms with van der Waals surface area (Å²) in [6, 6.07) is 6.05. The highest BCUT2D eigenvalue weighted by Gasteiger charge is 2.05. The lowest BCUT2D eigenvalue weighted by Gasteiger charge is -2.10. The van der Waals surface area contributed by atoms with Gasteiger partial charge >= 0.3 is 0 Å². The van der Waals surface area contributed by atoms with E-state index < -0.39 is 0 Å². The standard InChI is InChI=1S/C12H12Br2N2S/c1-7-4-11(9(14)5-10(7)15)16-6-12-8(13)2-3-17-12/h2-5,16H,6,15H2,1H3. The van der Waals surface area contributed by atoms with Crippen LogP contribution in [-0.4, -0.2) is 0 Å². The predicted octanol–water partition coefficient (Wildman–Crippen LogP) is 4.78. The van der Waals surface area contributed by atoms with E-state index in [1.54, 1.807) is 11.3 Å². The third kappa shape index (κ3) is 3.03. The second kappa shape index (κ2) is 5.42. The van der Waals surface area contributed by atoms with Crippen molar-refractivity contribution in [1.82, 2.24) is 0 Å². The van der Waals surface area contributed by atoms with Gasteiger partial charge in [0, 0.05) is 25.2 Å². The van der Waals surface area contributed by atoms with Crippen LogP contribution in [-0.2, 0) is 6.54 Å². The highest BCUT2D eigenvalue weighted by molar-refractivity contribution is 9.11. The molecule has 2 aromatic rings. The van der Waals surface area contributed by atoms with Gasteiger partial charge in [0.25, 0.3) is 0 Å². The minimum absolute atomic E-state index is 0.805. The molecule has 0 fully saturated rings. The number of nitrogen functional groups attached to an aromatic ring is 1. The Morgan fingerprint density at radius 2 is 2.06 bits per heavy atom. The fourth-order valence-corrected chi connectivity index (χ4v) is 3.39. The average molecular weight is 376 g/mol. The van der Waals surface area contributed by atoms with Crippen LogP contribution < -0.4 is 11.1 Å². The van der Waals surface area contributed by atoms with Gasteiger partial charge in [-0.3, -0.25) is 0 Å². The number of anilines is 2. The van der Waals surface area contributed by atoms with Crippen LogP contribution in [0.4, 0.5) is 11.4 Å². The van der Waals surface area contributed by atoms with Gasteiger partial charge in [0.15, 0.2) is 0 Å². The number of rotatable bonds is 3. The Labute approximate surface area is 121 Å². The number of halogens is 2. The summed E-state index contributed by atoms with van der Waals surface area (Å²) in [4.78, 5) is 1.28. The smallest absolute Gasteiger partial charge is 0.0505 e. The quantitative estimate of drug-likeness (QED) is 0.758. The van der Waals surface area contributed by atoms with Gasteiger partial charge in [0.05, 0.1) is 6.54 Å². The maximum Gasteiger partial charge on any atom is 0.0505 e.